The lowest BCUT2D eigenvalue weighted by molar-refractivity contribution is -0.144. The maximum Gasteiger partial charge on any atom is 0.316 e. The van der Waals surface area contributed by atoms with E-state index in [1.165, 1.54) is 0 Å². The molecule has 1 aliphatic heterocycles. The summed E-state index contributed by atoms with van der Waals surface area (Å²) >= 11 is 0. The van der Waals surface area contributed by atoms with Gasteiger partial charge in [-0.1, -0.05) is 0 Å². The highest BCUT2D eigenvalue weighted by molar-refractivity contribution is 6.07. The SMILES string of the molecule is O=C(O)[C@H]1CCN(c2ccc(F)cc2F)C1=O. The fourth-order valence-corrected chi connectivity index (χ4v) is 1.85. The zero-order chi connectivity index (χ0) is 12.6. The van der Waals surface area contributed by atoms with Crippen LogP contribution in [0.15, 0.2) is 18.2 Å². The van der Waals surface area contributed by atoms with E-state index in [4.69, 9.17) is 5.11 Å². The van der Waals surface area contributed by atoms with Gasteiger partial charge in [-0.05, 0) is 18.6 Å². The van der Waals surface area contributed by atoms with Crippen LogP contribution in [-0.4, -0.2) is 23.5 Å². The summed E-state index contributed by atoms with van der Waals surface area (Å²) in [7, 11) is 0. The van der Waals surface area contributed by atoms with Gasteiger partial charge in [0.05, 0.1) is 5.69 Å². The first-order chi connectivity index (χ1) is 8.00. The van der Waals surface area contributed by atoms with Crippen molar-refractivity contribution in [3.05, 3.63) is 29.8 Å². The molecule has 1 aromatic carbocycles. The van der Waals surface area contributed by atoms with Gasteiger partial charge >= 0.3 is 5.97 Å². The average molecular weight is 241 g/mol. The Morgan fingerprint density at radius 2 is 2.12 bits per heavy atom. The molecule has 1 heterocycles. The van der Waals surface area contributed by atoms with Crippen molar-refractivity contribution in [2.24, 2.45) is 5.92 Å². The molecule has 0 spiro atoms. The number of hydrogen-bond acceptors (Lipinski definition) is 2. The van der Waals surface area contributed by atoms with Gasteiger partial charge in [-0.25, -0.2) is 8.78 Å². The molecule has 0 aromatic heterocycles. The Morgan fingerprint density at radius 1 is 1.41 bits per heavy atom. The summed E-state index contributed by atoms with van der Waals surface area (Å²) in [6, 6.07) is 2.82. The molecule has 90 valence electrons. The molecule has 2 rings (SSSR count). The highest BCUT2D eigenvalue weighted by Gasteiger charge is 2.38. The first kappa shape index (κ1) is 11.5. The quantitative estimate of drug-likeness (QED) is 0.796. The van der Waals surface area contributed by atoms with Crippen molar-refractivity contribution in [2.45, 2.75) is 6.42 Å². The normalized spacial score (nSPS) is 19.8. The zero-order valence-electron chi connectivity index (χ0n) is 8.69. The van der Waals surface area contributed by atoms with Crippen molar-refractivity contribution < 1.29 is 23.5 Å². The molecule has 17 heavy (non-hydrogen) atoms. The van der Waals surface area contributed by atoms with E-state index in [9.17, 15) is 18.4 Å². The summed E-state index contributed by atoms with van der Waals surface area (Å²) < 4.78 is 26.1. The van der Waals surface area contributed by atoms with Crippen molar-refractivity contribution in [1.29, 1.82) is 0 Å². The number of carbonyl (C=O) groups excluding carboxylic acids is 1. The van der Waals surface area contributed by atoms with Gasteiger partial charge in [0.2, 0.25) is 5.91 Å². The molecule has 0 saturated carbocycles. The molecule has 0 aliphatic carbocycles. The Labute approximate surface area is 95.5 Å². The van der Waals surface area contributed by atoms with Gasteiger partial charge in [0.15, 0.2) is 0 Å². The topological polar surface area (TPSA) is 57.6 Å². The van der Waals surface area contributed by atoms with Gasteiger partial charge in [-0.3, -0.25) is 9.59 Å². The maximum absolute atomic E-state index is 13.4. The molecular formula is C11H9F2NO3. The first-order valence-electron chi connectivity index (χ1n) is 5.00. The van der Waals surface area contributed by atoms with Crippen LogP contribution in [0.5, 0.6) is 0 Å². The number of hydrogen-bond donors (Lipinski definition) is 1. The Hall–Kier alpha value is -1.98. The summed E-state index contributed by atoms with van der Waals surface area (Å²) in [5.74, 6) is -4.64. The molecule has 1 amide bonds. The highest BCUT2D eigenvalue weighted by Crippen LogP contribution is 2.27. The molecule has 1 saturated heterocycles. The molecular weight excluding hydrogens is 232 g/mol. The fourth-order valence-electron chi connectivity index (χ4n) is 1.85. The molecule has 0 bridgehead atoms. The number of aliphatic carboxylic acids is 1. The second-order valence-corrected chi connectivity index (χ2v) is 3.77. The predicted octanol–water partition coefficient (Wildman–Crippen LogP) is 1.40. The van der Waals surface area contributed by atoms with E-state index >= 15 is 0 Å². The largest absolute Gasteiger partial charge is 0.481 e. The molecule has 0 radical (unpaired) electrons. The van der Waals surface area contributed by atoms with Crippen LogP contribution in [0, 0.1) is 17.6 Å². The Balaban J connectivity index is 2.30. The Kier molecular flexibility index (Phi) is 2.79. The minimum Gasteiger partial charge on any atom is -0.481 e. The number of amides is 1. The number of nitrogens with zero attached hydrogens (tertiary/aromatic N) is 1. The third kappa shape index (κ3) is 1.98. The van der Waals surface area contributed by atoms with Crippen LogP contribution in [-0.2, 0) is 9.59 Å². The average Bonchev–Trinajstić information content (AvgIpc) is 2.60. The van der Waals surface area contributed by atoms with E-state index in [-0.39, 0.29) is 18.7 Å². The Morgan fingerprint density at radius 3 is 2.65 bits per heavy atom. The smallest absolute Gasteiger partial charge is 0.316 e. The summed E-state index contributed by atoms with van der Waals surface area (Å²) in [5, 5.41) is 8.76. The first-order valence-corrected chi connectivity index (χ1v) is 5.00. The second-order valence-electron chi connectivity index (χ2n) is 3.77. The van der Waals surface area contributed by atoms with Crippen molar-refractivity contribution in [2.75, 3.05) is 11.4 Å². The maximum atomic E-state index is 13.4. The molecule has 1 N–H and O–H groups in total. The minimum atomic E-state index is -1.22. The van der Waals surface area contributed by atoms with Crippen LogP contribution in [0.4, 0.5) is 14.5 Å². The van der Waals surface area contributed by atoms with Crippen LogP contribution < -0.4 is 4.90 Å². The van der Waals surface area contributed by atoms with Gasteiger partial charge in [-0.15, -0.1) is 0 Å². The molecule has 1 aliphatic rings. The summed E-state index contributed by atoms with van der Waals surface area (Å²) in [6.45, 7) is 0.123. The minimum absolute atomic E-state index is 0.0832. The molecule has 1 fully saturated rings. The Bertz CT molecular complexity index is 490. The van der Waals surface area contributed by atoms with Gasteiger partial charge in [-0.2, -0.15) is 0 Å². The summed E-state index contributed by atoms with van der Waals surface area (Å²) in [6.07, 6.45) is 0.130. The van der Waals surface area contributed by atoms with Crippen LogP contribution in [0.2, 0.25) is 0 Å². The zero-order valence-corrected chi connectivity index (χ0v) is 8.69. The van der Waals surface area contributed by atoms with E-state index in [1.807, 2.05) is 0 Å². The third-order valence-corrected chi connectivity index (χ3v) is 2.70. The standard InChI is InChI=1S/C11H9F2NO3/c12-6-1-2-9(8(13)5-6)14-4-3-7(10(14)15)11(16)17/h1-2,5,7H,3-4H2,(H,16,17)/t7-/m0/s1. The van der Waals surface area contributed by atoms with E-state index in [1.54, 1.807) is 0 Å². The van der Waals surface area contributed by atoms with Crippen molar-refractivity contribution in [3.8, 4) is 0 Å². The lowest BCUT2D eigenvalue weighted by Crippen LogP contribution is -2.30. The molecule has 0 unspecified atom stereocenters. The number of halogens is 2. The van der Waals surface area contributed by atoms with Crippen LogP contribution in [0.3, 0.4) is 0 Å². The van der Waals surface area contributed by atoms with Gasteiger partial charge < -0.3 is 10.0 Å². The fraction of sp³-hybridized carbons (Fsp3) is 0.273. The van der Waals surface area contributed by atoms with Crippen LogP contribution in [0.25, 0.3) is 0 Å². The van der Waals surface area contributed by atoms with Crippen LogP contribution in [0.1, 0.15) is 6.42 Å². The van der Waals surface area contributed by atoms with Gasteiger partial charge in [0.25, 0.3) is 0 Å². The van der Waals surface area contributed by atoms with Crippen molar-refractivity contribution in [3.63, 3.8) is 0 Å². The van der Waals surface area contributed by atoms with E-state index in [2.05, 4.69) is 0 Å². The van der Waals surface area contributed by atoms with E-state index in [0.29, 0.717) is 6.07 Å². The predicted molar refractivity (Wildman–Crippen MR) is 54.5 cm³/mol. The molecule has 6 heteroatoms. The van der Waals surface area contributed by atoms with Crippen molar-refractivity contribution in [1.82, 2.24) is 0 Å². The highest BCUT2D eigenvalue weighted by atomic mass is 19.1. The molecule has 1 aromatic rings. The van der Waals surface area contributed by atoms with Gasteiger partial charge in [0.1, 0.15) is 17.6 Å². The lowest BCUT2D eigenvalue weighted by atomic mass is 10.1. The second kappa shape index (κ2) is 4.12. The number of anilines is 1. The lowest BCUT2D eigenvalue weighted by Gasteiger charge is -2.16. The van der Waals surface area contributed by atoms with E-state index < -0.39 is 29.4 Å². The molecule has 1 atom stereocenters. The molecule has 4 nitrogen and oxygen atoms in total. The monoisotopic (exact) mass is 241 g/mol. The number of rotatable bonds is 2. The number of carbonyl (C=O) groups is 2. The van der Waals surface area contributed by atoms with E-state index in [0.717, 1.165) is 17.0 Å². The summed E-state index contributed by atoms with van der Waals surface area (Å²) in [5.41, 5.74) is -0.0832. The summed E-state index contributed by atoms with van der Waals surface area (Å²) in [4.78, 5) is 23.4. The number of carboxylic acids is 1. The third-order valence-electron chi connectivity index (χ3n) is 2.70. The van der Waals surface area contributed by atoms with Crippen molar-refractivity contribution >= 4 is 17.6 Å². The number of benzene rings is 1. The number of carboxylic acid groups (broad SMARTS) is 1. The van der Waals surface area contributed by atoms with Crippen LogP contribution >= 0.6 is 0 Å². The van der Waals surface area contributed by atoms with Gasteiger partial charge in [0, 0.05) is 12.6 Å².